The second-order valence-electron chi connectivity index (χ2n) is 8.26. The van der Waals surface area contributed by atoms with E-state index in [2.05, 4.69) is 59.4 Å². The van der Waals surface area contributed by atoms with Gasteiger partial charge in [-0.25, -0.2) is 0 Å². The molecule has 3 aromatic carbocycles. The van der Waals surface area contributed by atoms with E-state index in [1.165, 1.54) is 23.8 Å². The van der Waals surface area contributed by atoms with Crippen LogP contribution in [0.25, 0.3) is 11.1 Å². The zero-order chi connectivity index (χ0) is 25.0. The topological polar surface area (TPSA) is 66.0 Å². The van der Waals surface area contributed by atoms with Crippen LogP contribution in [0.2, 0.25) is 0 Å². The zero-order valence-electron chi connectivity index (χ0n) is 21.1. The molecule has 3 aromatic rings. The summed E-state index contributed by atoms with van der Waals surface area (Å²) in [5, 5.41) is 3.40. The Hall–Kier alpha value is -3.51. The minimum atomic E-state index is -0.175. The number of hydrogen-bond donors (Lipinski definition) is 1. The van der Waals surface area contributed by atoms with Gasteiger partial charge < -0.3 is 24.3 Å². The number of esters is 1. The van der Waals surface area contributed by atoms with E-state index < -0.39 is 0 Å². The summed E-state index contributed by atoms with van der Waals surface area (Å²) in [7, 11) is 4.70. The average molecular weight is 478 g/mol. The number of unbranched alkanes of at least 4 members (excludes halogenated alkanes) is 1. The lowest BCUT2D eigenvalue weighted by atomic mass is 9.97. The number of nitrogens with one attached hydrogen (secondary N) is 1. The Morgan fingerprint density at radius 2 is 1.60 bits per heavy atom. The highest BCUT2D eigenvalue weighted by molar-refractivity contribution is 5.69. The van der Waals surface area contributed by atoms with Crippen molar-refractivity contribution in [3.63, 3.8) is 0 Å². The van der Waals surface area contributed by atoms with Crippen LogP contribution in [0, 0.1) is 6.92 Å². The fourth-order valence-electron chi connectivity index (χ4n) is 3.98. The van der Waals surface area contributed by atoms with Gasteiger partial charge in [0.2, 0.25) is 0 Å². The van der Waals surface area contributed by atoms with Gasteiger partial charge in [0, 0.05) is 25.1 Å². The van der Waals surface area contributed by atoms with E-state index >= 15 is 0 Å². The number of carbonyl (C=O) groups excluding carboxylic acids is 1. The minimum Gasteiger partial charge on any atom is -0.496 e. The first-order valence-corrected chi connectivity index (χ1v) is 11.9. The van der Waals surface area contributed by atoms with Gasteiger partial charge in [-0.15, -0.1) is 0 Å². The Morgan fingerprint density at radius 3 is 2.26 bits per heavy atom. The Labute approximate surface area is 208 Å². The molecule has 0 aromatic heterocycles. The van der Waals surface area contributed by atoms with Crippen molar-refractivity contribution in [2.75, 3.05) is 27.9 Å². The first kappa shape index (κ1) is 26.1. The average Bonchev–Trinajstić information content (AvgIpc) is 2.90. The zero-order valence-corrected chi connectivity index (χ0v) is 21.1. The molecule has 0 spiro atoms. The van der Waals surface area contributed by atoms with Crippen LogP contribution in [0.3, 0.4) is 0 Å². The highest BCUT2D eigenvalue weighted by Crippen LogP contribution is 2.35. The third-order valence-corrected chi connectivity index (χ3v) is 6.02. The van der Waals surface area contributed by atoms with Crippen molar-refractivity contribution in [3.8, 4) is 28.4 Å². The van der Waals surface area contributed by atoms with Crippen molar-refractivity contribution in [3.05, 3.63) is 77.4 Å². The molecular formula is C29H35NO5. The van der Waals surface area contributed by atoms with Crippen LogP contribution < -0.4 is 19.5 Å². The van der Waals surface area contributed by atoms with Gasteiger partial charge in [-0.3, -0.25) is 4.79 Å². The molecular weight excluding hydrogens is 442 g/mol. The van der Waals surface area contributed by atoms with Crippen LogP contribution in [0.4, 0.5) is 0 Å². The predicted molar refractivity (Wildman–Crippen MR) is 138 cm³/mol. The Morgan fingerprint density at radius 1 is 0.886 bits per heavy atom. The van der Waals surface area contributed by atoms with Gasteiger partial charge in [-0.05, 0) is 48.6 Å². The molecule has 35 heavy (non-hydrogen) atoms. The number of rotatable bonds is 13. The van der Waals surface area contributed by atoms with Crippen molar-refractivity contribution < 1.29 is 23.7 Å². The molecule has 0 radical (unpaired) electrons. The van der Waals surface area contributed by atoms with E-state index in [0.29, 0.717) is 36.8 Å². The standard InChI is InChI=1S/C29H35NO5/c1-21-23(13-10-14-25(21)22-11-6-5-7-12-22)20-35-24-17-27(32-2)26(28(18-24)33-3)19-30-16-9-8-15-29(31)34-4/h5-7,10-14,17-18,30H,8-9,15-16,19-20H2,1-4H3. The van der Waals surface area contributed by atoms with Gasteiger partial charge in [-0.1, -0.05) is 48.5 Å². The lowest BCUT2D eigenvalue weighted by Gasteiger charge is -2.17. The summed E-state index contributed by atoms with van der Waals surface area (Å²) in [6.45, 7) is 3.93. The van der Waals surface area contributed by atoms with E-state index in [1.54, 1.807) is 14.2 Å². The van der Waals surface area contributed by atoms with E-state index in [0.717, 1.165) is 30.5 Å². The SMILES string of the molecule is COC(=O)CCCCNCc1c(OC)cc(OCc2cccc(-c3ccccc3)c2C)cc1OC. The second-order valence-corrected chi connectivity index (χ2v) is 8.26. The van der Waals surface area contributed by atoms with Crippen molar-refractivity contribution in [2.24, 2.45) is 0 Å². The van der Waals surface area contributed by atoms with Crippen LogP contribution in [0.5, 0.6) is 17.2 Å². The molecule has 6 nitrogen and oxygen atoms in total. The molecule has 0 saturated carbocycles. The molecule has 3 rings (SSSR count). The third-order valence-electron chi connectivity index (χ3n) is 6.02. The third kappa shape index (κ3) is 7.23. The lowest BCUT2D eigenvalue weighted by molar-refractivity contribution is -0.140. The van der Waals surface area contributed by atoms with Crippen LogP contribution in [-0.4, -0.2) is 33.8 Å². The van der Waals surface area contributed by atoms with Crippen LogP contribution in [0.1, 0.15) is 36.0 Å². The Kier molecular flexibility index (Phi) is 9.99. The Balaban J connectivity index is 1.65. The first-order chi connectivity index (χ1) is 17.1. The molecule has 0 fully saturated rings. The number of ether oxygens (including phenoxy) is 4. The maximum absolute atomic E-state index is 11.2. The summed E-state index contributed by atoms with van der Waals surface area (Å²) in [5.74, 6) is 1.92. The molecule has 1 N–H and O–H groups in total. The maximum atomic E-state index is 11.2. The molecule has 186 valence electrons. The van der Waals surface area contributed by atoms with Gasteiger partial charge in [0.1, 0.15) is 23.9 Å². The van der Waals surface area contributed by atoms with Crippen LogP contribution >= 0.6 is 0 Å². The summed E-state index contributed by atoms with van der Waals surface area (Å²) in [6, 6.07) is 20.5. The highest BCUT2D eigenvalue weighted by Gasteiger charge is 2.14. The number of carbonyl (C=O) groups is 1. The van der Waals surface area contributed by atoms with Gasteiger partial charge in [0.15, 0.2) is 0 Å². The van der Waals surface area contributed by atoms with Crippen molar-refractivity contribution in [1.82, 2.24) is 5.32 Å². The fourth-order valence-corrected chi connectivity index (χ4v) is 3.98. The van der Waals surface area contributed by atoms with Gasteiger partial charge in [0.25, 0.3) is 0 Å². The molecule has 0 bridgehead atoms. The van der Waals surface area contributed by atoms with E-state index in [-0.39, 0.29) is 5.97 Å². The van der Waals surface area contributed by atoms with Crippen LogP contribution in [-0.2, 0) is 22.7 Å². The molecule has 0 aliphatic rings. The summed E-state index contributed by atoms with van der Waals surface area (Å²) in [6.07, 6.45) is 2.10. The van der Waals surface area contributed by atoms with Crippen molar-refractivity contribution >= 4 is 5.97 Å². The normalized spacial score (nSPS) is 10.6. The van der Waals surface area contributed by atoms with Gasteiger partial charge >= 0.3 is 5.97 Å². The molecule has 0 unspecified atom stereocenters. The summed E-state index contributed by atoms with van der Waals surface area (Å²) in [4.78, 5) is 11.2. The fraction of sp³-hybridized carbons (Fsp3) is 0.345. The molecule has 0 aliphatic carbocycles. The highest BCUT2D eigenvalue weighted by atomic mass is 16.5. The van der Waals surface area contributed by atoms with E-state index in [4.69, 9.17) is 14.2 Å². The van der Waals surface area contributed by atoms with Gasteiger partial charge in [0.05, 0.1) is 26.9 Å². The predicted octanol–water partition coefficient (Wildman–Crippen LogP) is 5.69. The largest absolute Gasteiger partial charge is 0.496 e. The van der Waals surface area contributed by atoms with E-state index in [1.807, 2.05) is 18.2 Å². The molecule has 6 heteroatoms. The number of benzene rings is 3. The molecule has 0 atom stereocenters. The molecule has 0 saturated heterocycles. The van der Waals surface area contributed by atoms with Crippen LogP contribution in [0.15, 0.2) is 60.7 Å². The van der Waals surface area contributed by atoms with Crippen molar-refractivity contribution in [2.45, 2.75) is 39.3 Å². The first-order valence-electron chi connectivity index (χ1n) is 11.9. The Bertz CT molecular complexity index is 1070. The summed E-state index contributed by atoms with van der Waals surface area (Å²) < 4.78 is 22.1. The maximum Gasteiger partial charge on any atom is 0.305 e. The number of hydrogen-bond acceptors (Lipinski definition) is 6. The number of methoxy groups -OCH3 is 3. The van der Waals surface area contributed by atoms with E-state index in [9.17, 15) is 4.79 Å². The van der Waals surface area contributed by atoms with Crippen molar-refractivity contribution in [1.29, 1.82) is 0 Å². The quantitative estimate of drug-likeness (QED) is 0.252. The second kappa shape index (κ2) is 13.4. The smallest absolute Gasteiger partial charge is 0.305 e. The molecule has 0 amide bonds. The summed E-state index contributed by atoms with van der Waals surface area (Å²) in [5.41, 5.74) is 5.65. The monoisotopic (exact) mass is 477 g/mol. The lowest BCUT2D eigenvalue weighted by Crippen LogP contribution is -2.16. The van der Waals surface area contributed by atoms with Gasteiger partial charge in [-0.2, -0.15) is 0 Å². The minimum absolute atomic E-state index is 0.175. The molecule has 0 aliphatic heterocycles. The summed E-state index contributed by atoms with van der Waals surface area (Å²) >= 11 is 0. The molecule has 0 heterocycles.